The van der Waals surface area contributed by atoms with E-state index in [9.17, 15) is 19.6 Å². The molecule has 0 unspecified atom stereocenters. The summed E-state index contributed by atoms with van der Waals surface area (Å²) in [6.07, 6.45) is 1.98. The molecule has 0 saturated heterocycles. The molecule has 1 heterocycles. The maximum Gasteiger partial charge on any atom is 0.354 e. The number of hydrogen-bond acceptors (Lipinski definition) is 7. The van der Waals surface area contributed by atoms with Crippen molar-refractivity contribution in [2.75, 3.05) is 20.3 Å². The number of methoxy groups -OCH3 is 1. The van der Waals surface area contributed by atoms with Crippen LogP contribution in [0.1, 0.15) is 22.3 Å². The lowest BCUT2D eigenvalue weighted by molar-refractivity contribution is -0.129. The molecule has 1 N–H and O–H groups in total. The fourth-order valence-corrected chi connectivity index (χ4v) is 2.98. The van der Waals surface area contributed by atoms with E-state index >= 15 is 0 Å². The maximum absolute atomic E-state index is 12.4. The molecule has 0 spiro atoms. The Hall–Kier alpha value is -3.93. The average molecular weight is 467 g/mol. The summed E-state index contributed by atoms with van der Waals surface area (Å²) >= 11 is 5.84. The first kappa shape index (κ1) is 23.7. The van der Waals surface area contributed by atoms with E-state index in [4.69, 9.17) is 25.5 Å². The fraction of sp³-hybridized carbons (Fsp3) is 0.167. The van der Waals surface area contributed by atoms with Gasteiger partial charge in [0.15, 0.2) is 0 Å². The number of carbonyl (C=O) groups is 2. The van der Waals surface area contributed by atoms with E-state index in [1.54, 1.807) is 37.4 Å². The molecular weight excluding hydrogens is 448 g/mol. The van der Waals surface area contributed by atoms with Gasteiger partial charge in [-0.25, -0.2) is 9.59 Å². The minimum Gasteiger partial charge on any atom is -0.422 e. The summed E-state index contributed by atoms with van der Waals surface area (Å²) in [6, 6.07) is 14.1. The number of rotatable bonds is 8. The average Bonchev–Trinajstić information content (AvgIpc) is 2.80. The van der Waals surface area contributed by atoms with E-state index in [-0.39, 0.29) is 22.5 Å². The Kier molecular flexibility index (Phi) is 7.97. The topological polar surface area (TPSA) is 119 Å². The molecule has 3 aromatic rings. The Morgan fingerprint density at radius 1 is 1.18 bits per heavy atom. The molecule has 0 fully saturated rings. The Morgan fingerprint density at radius 3 is 2.64 bits per heavy atom. The van der Waals surface area contributed by atoms with E-state index in [0.29, 0.717) is 35.5 Å². The van der Waals surface area contributed by atoms with Gasteiger partial charge in [-0.2, -0.15) is 5.26 Å². The number of nitrogens with one attached hydrogen (secondary N) is 1. The summed E-state index contributed by atoms with van der Waals surface area (Å²) in [5.41, 5.74) is -0.455. The highest BCUT2D eigenvalue weighted by Crippen LogP contribution is 2.22. The molecule has 0 aliphatic heterocycles. The number of ether oxygens (including phenoxy) is 2. The molecule has 0 aliphatic rings. The molecule has 3 rings (SSSR count). The van der Waals surface area contributed by atoms with Crippen molar-refractivity contribution in [2.45, 2.75) is 6.42 Å². The Bertz CT molecular complexity index is 1310. The highest BCUT2D eigenvalue weighted by atomic mass is 35.5. The molecule has 168 valence electrons. The van der Waals surface area contributed by atoms with Crippen LogP contribution in [0.15, 0.2) is 63.3 Å². The van der Waals surface area contributed by atoms with E-state index in [1.165, 1.54) is 30.3 Å². The summed E-state index contributed by atoms with van der Waals surface area (Å²) in [6.45, 7) is 0.834. The van der Waals surface area contributed by atoms with Crippen LogP contribution in [0, 0.1) is 11.3 Å². The molecule has 0 radical (unpaired) electrons. The number of hydrogen-bond donors (Lipinski definition) is 1. The lowest BCUT2D eigenvalue weighted by Crippen LogP contribution is -2.29. The lowest BCUT2D eigenvalue weighted by atomic mass is 10.1. The molecule has 9 heteroatoms. The van der Waals surface area contributed by atoms with Crippen molar-refractivity contribution in [2.24, 2.45) is 0 Å². The van der Waals surface area contributed by atoms with Crippen molar-refractivity contribution in [1.29, 1.82) is 5.26 Å². The monoisotopic (exact) mass is 466 g/mol. The first-order valence-corrected chi connectivity index (χ1v) is 10.2. The number of amides is 1. The minimum atomic E-state index is -0.874. The predicted octanol–water partition coefficient (Wildman–Crippen LogP) is 3.73. The van der Waals surface area contributed by atoms with Crippen LogP contribution in [0.4, 0.5) is 0 Å². The number of esters is 1. The molecule has 0 bridgehead atoms. The van der Waals surface area contributed by atoms with E-state index in [0.717, 1.165) is 0 Å². The van der Waals surface area contributed by atoms with Gasteiger partial charge in [0.1, 0.15) is 28.5 Å². The van der Waals surface area contributed by atoms with Gasteiger partial charge >= 0.3 is 11.6 Å². The third kappa shape index (κ3) is 6.29. The van der Waals surface area contributed by atoms with Crippen molar-refractivity contribution < 1.29 is 23.5 Å². The maximum atomic E-state index is 12.4. The number of nitrogens with zero attached hydrogens (tertiary/aromatic N) is 1. The van der Waals surface area contributed by atoms with Crippen LogP contribution in [0.3, 0.4) is 0 Å². The summed E-state index contributed by atoms with van der Waals surface area (Å²) < 4.78 is 15.4. The SMILES string of the molecule is COCCCNC(=O)c1cc2ccc(OC(=O)/C(C#N)=C/c3ccc(Cl)cc3)cc2oc1=O. The minimum absolute atomic E-state index is 0.0738. The van der Waals surface area contributed by atoms with E-state index < -0.39 is 17.5 Å². The van der Waals surface area contributed by atoms with E-state index in [2.05, 4.69) is 5.32 Å². The van der Waals surface area contributed by atoms with Gasteiger partial charge < -0.3 is 19.2 Å². The van der Waals surface area contributed by atoms with Crippen molar-refractivity contribution in [3.05, 3.63) is 80.7 Å². The molecule has 8 nitrogen and oxygen atoms in total. The molecule has 0 atom stereocenters. The molecule has 1 aromatic heterocycles. The molecular formula is C24H19ClN2O6. The third-order valence-corrected chi connectivity index (χ3v) is 4.75. The van der Waals surface area contributed by atoms with Gasteiger partial charge in [0, 0.05) is 36.7 Å². The van der Waals surface area contributed by atoms with Gasteiger partial charge in [-0.1, -0.05) is 23.7 Å². The standard InChI is InChI=1S/C24H19ClN2O6/c1-31-10-2-9-27-22(28)20-12-16-5-8-19(13-21(16)33-24(20)30)32-23(29)17(14-26)11-15-3-6-18(25)7-4-15/h3-8,11-13H,2,9-10H2,1H3,(H,27,28)/b17-11+. The van der Waals surface area contributed by atoms with Crippen LogP contribution in [0.5, 0.6) is 5.75 Å². The second kappa shape index (κ2) is 11.1. The van der Waals surface area contributed by atoms with Gasteiger partial charge in [-0.3, -0.25) is 4.79 Å². The number of fused-ring (bicyclic) bond motifs is 1. The van der Waals surface area contributed by atoms with Crippen LogP contribution in [-0.2, 0) is 9.53 Å². The normalized spacial score (nSPS) is 11.1. The zero-order valence-electron chi connectivity index (χ0n) is 17.6. The van der Waals surface area contributed by atoms with Crippen molar-refractivity contribution in [3.63, 3.8) is 0 Å². The van der Waals surface area contributed by atoms with Crippen LogP contribution < -0.4 is 15.7 Å². The fourth-order valence-electron chi connectivity index (χ4n) is 2.85. The van der Waals surface area contributed by atoms with Crippen LogP contribution in [0.2, 0.25) is 5.02 Å². The van der Waals surface area contributed by atoms with Gasteiger partial charge in [0.2, 0.25) is 0 Å². The van der Waals surface area contributed by atoms with Crippen LogP contribution in [0.25, 0.3) is 17.0 Å². The second-order valence-corrected chi connectivity index (χ2v) is 7.30. The molecule has 1 amide bonds. The molecule has 0 aliphatic carbocycles. The Morgan fingerprint density at radius 2 is 1.94 bits per heavy atom. The van der Waals surface area contributed by atoms with Gasteiger partial charge in [0.05, 0.1) is 0 Å². The number of carbonyl (C=O) groups excluding carboxylic acids is 2. The number of benzene rings is 2. The predicted molar refractivity (Wildman–Crippen MR) is 122 cm³/mol. The quantitative estimate of drug-likeness (QED) is 0.134. The van der Waals surface area contributed by atoms with Crippen molar-refractivity contribution in [3.8, 4) is 11.8 Å². The highest BCUT2D eigenvalue weighted by molar-refractivity contribution is 6.30. The highest BCUT2D eigenvalue weighted by Gasteiger charge is 2.16. The van der Waals surface area contributed by atoms with Crippen molar-refractivity contribution in [1.82, 2.24) is 5.32 Å². The second-order valence-electron chi connectivity index (χ2n) is 6.86. The smallest absolute Gasteiger partial charge is 0.354 e. The Balaban J connectivity index is 1.77. The van der Waals surface area contributed by atoms with Gasteiger partial charge in [-0.05, 0) is 48.4 Å². The van der Waals surface area contributed by atoms with Crippen LogP contribution in [-0.4, -0.2) is 32.1 Å². The van der Waals surface area contributed by atoms with E-state index in [1.807, 2.05) is 0 Å². The number of halogens is 1. The largest absolute Gasteiger partial charge is 0.422 e. The lowest BCUT2D eigenvalue weighted by Gasteiger charge is -2.07. The van der Waals surface area contributed by atoms with Crippen LogP contribution >= 0.6 is 11.6 Å². The third-order valence-electron chi connectivity index (χ3n) is 4.49. The van der Waals surface area contributed by atoms with Gasteiger partial charge in [0.25, 0.3) is 5.91 Å². The summed E-state index contributed by atoms with van der Waals surface area (Å²) in [7, 11) is 1.56. The summed E-state index contributed by atoms with van der Waals surface area (Å²) in [5.74, 6) is -1.35. The zero-order chi connectivity index (χ0) is 23.8. The zero-order valence-corrected chi connectivity index (χ0v) is 18.3. The first-order chi connectivity index (χ1) is 15.9. The Labute approximate surface area is 194 Å². The first-order valence-electron chi connectivity index (χ1n) is 9.86. The molecule has 2 aromatic carbocycles. The molecule has 33 heavy (non-hydrogen) atoms. The summed E-state index contributed by atoms with van der Waals surface area (Å²) in [5, 5.41) is 12.9. The summed E-state index contributed by atoms with van der Waals surface area (Å²) in [4.78, 5) is 36.9. The number of nitriles is 1. The van der Waals surface area contributed by atoms with Crippen molar-refractivity contribution >= 4 is 40.5 Å². The van der Waals surface area contributed by atoms with Gasteiger partial charge in [-0.15, -0.1) is 0 Å². The molecule has 0 saturated carbocycles.